The summed E-state index contributed by atoms with van der Waals surface area (Å²) in [6, 6.07) is 30.7. The number of tetrazole rings is 1. The minimum absolute atomic E-state index is 0.280. The SMILES string of the molecule is Cn1nnc(-c2ccc3nc(-c4ccc(CN5CCC(c6ccc7c(c6)[N]C(=O)N7)CC5)cc4)c(-c4ccccc4)nc3c2)n1. The average molecular weight is 593 g/mol. The molecule has 2 aliphatic rings. The van der Waals surface area contributed by atoms with Gasteiger partial charge in [0.05, 0.1) is 40.8 Å². The summed E-state index contributed by atoms with van der Waals surface area (Å²) in [6.07, 6.45) is 2.17. The van der Waals surface area contributed by atoms with Crippen molar-refractivity contribution in [3.05, 3.63) is 102 Å². The van der Waals surface area contributed by atoms with Gasteiger partial charge in [-0.15, -0.1) is 10.2 Å². The fraction of sp³-hybridized carbons (Fsp3) is 0.200. The minimum Gasteiger partial charge on any atom is -0.304 e. The van der Waals surface area contributed by atoms with Crippen molar-refractivity contribution in [2.75, 3.05) is 18.4 Å². The molecule has 8 rings (SSSR count). The van der Waals surface area contributed by atoms with E-state index in [4.69, 9.17) is 9.97 Å². The van der Waals surface area contributed by atoms with Crippen molar-refractivity contribution in [3.8, 4) is 33.9 Å². The largest absolute Gasteiger partial charge is 0.346 e. The van der Waals surface area contributed by atoms with Gasteiger partial charge in [-0.25, -0.2) is 14.8 Å². The van der Waals surface area contributed by atoms with Gasteiger partial charge in [0, 0.05) is 23.2 Å². The van der Waals surface area contributed by atoms with E-state index in [9.17, 15) is 4.79 Å². The predicted molar refractivity (Wildman–Crippen MR) is 173 cm³/mol. The van der Waals surface area contributed by atoms with Gasteiger partial charge in [0.15, 0.2) is 0 Å². The molecule has 1 fully saturated rings. The molecule has 10 heteroatoms. The second-order valence-electron chi connectivity index (χ2n) is 11.7. The first-order valence-corrected chi connectivity index (χ1v) is 15.2. The van der Waals surface area contributed by atoms with E-state index in [2.05, 4.69) is 79.5 Å². The molecule has 0 unspecified atom stereocenters. The number of amides is 2. The maximum Gasteiger partial charge on any atom is 0.346 e. The number of rotatable bonds is 6. The molecule has 1 saturated heterocycles. The van der Waals surface area contributed by atoms with E-state index in [1.165, 1.54) is 15.9 Å². The van der Waals surface area contributed by atoms with Gasteiger partial charge in [-0.3, -0.25) is 4.90 Å². The molecule has 4 aromatic carbocycles. The minimum atomic E-state index is -0.280. The smallest absolute Gasteiger partial charge is 0.304 e. The van der Waals surface area contributed by atoms with Crippen LogP contribution in [0.25, 0.3) is 44.9 Å². The summed E-state index contributed by atoms with van der Waals surface area (Å²) >= 11 is 0. The van der Waals surface area contributed by atoms with Gasteiger partial charge in [-0.05, 0) is 78.5 Å². The van der Waals surface area contributed by atoms with Gasteiger partial charge in [0.25, 0.3) is 0 Å². The Morgan fingerprint density at radius 1 is 0.800 bits per heavy atom. The van der Waals surface area contributed by atoms with Gasteiger partial charge in [0.1, 0.15) is 0 Å². The summed E-state index contributed by atoms with van der Waals surface area (Å²) in [5.41, 5.74) is 10.3. The number of benzene rings is 4. The summed E-state index contributed by atoms with van der Waals surface area (Å²) in [5, 5.41) is 19.3. The first kappa shape index (κ1) is 27.1. The van der Waals surface area contributed by atoms with Gasteiger partial charge < -0.3 is 5.32 Å². The third-order valence-corrected chi connectivity index (χ3v) is 8.66. The summed E-state index contributed by atoms with van der Waals surface area (Å²) in [4.78, 5) is 25.8. The molecule has 45 heavy (non-hydrogen) atoms. The Hall–Kier alpha value is -5.48. The van der Waals surface area contributed by atoms with Crippen molar-refractivity contribution in [1.82, 2.24) is 40.4 Å². The number of carbonyl (C=O) groups is 1. The number of nitrogens with zero attached hydrogens (tertiary/aromatic N) is 8. The van der Waals surface area contributed by atoms with Crippen LogP contribution < -0.4 is 10.6 Å². The number of hydrogen-bond acceptors (Lipinski definition) is 7. The molecule has 2 amide bonds. The van der Waals surface area contributed by atoms with Crippen LogP contribution in [0.15, 0.2) is 91.0 Å². The lowest BCUT2D eigenvalue weighted by Gasteiger charge is -2.32. The molecule has 1 N–H and O–H groups in total. The maximum absolute atomic E-state index is 11.6. The molecule has 0 bridgehead atoms. The molecule has 6 aromatic rings. The van der Waals surface area contributed by atoms with Gasteiger partial charge in [0.2, 0.25) is 5.82 Å². The second-order valence-corrected chi connectivity index (χ2v) is 11.7. The van der Waals surface area contributed by atoms with Crippen LogP contribution in [0.2, 0.25) is 0 Å². The number of piperidine rings is 1. The third-order valence-electron chi connectivity index (χ3n) is 8.66. The van der Waals surface area contributed by atoms with Crippen LogP contribution in [-0.2, 0) is 13.6 Å². The van der Waals surface area contributed by atoms with Gasteiger partial charge >= 0.3 is 6.03 Å². The van der Waals surface area contributed by atoms with Crippen molar-refractivity contribution in [2.45, 2.75) is 25.3 Å². The topological polar surface area (TPSA) is 116 Å². The number of aryl methyl sites for hydroxylation is 1. The first-order chi connectivity index (χ1) is 22.1. The fourth-order valence-corrected chi connectivity index (χ4v) is 6.30. The zero-order valence-corrected chi connectivity index (χ0v) is 24.8. The van der Waals surface area contributed by atoms with E-state index in [0.717, 1.165) is 83.0 Å². The van der Waals surface area contributed by atoms with E-state index in [-0.39, 0.29) is 6.03 Å². The van der Waals surface area contributed by atoms with E-state index in [1.807, 2.05) is 42.5 Å². The van der Waals surface area contributed by atoms with Crippen LogP contribution in [-0.4, -0.2) is 54.2 Å². The highest BCUT2D eigenvalue weighted by Gasteiger charge is 2.24. The van der Waals surface area contributed by atoms with Gasteiger partial charge in [-0.2, -0.15) is 10.1 Å². The molecule has 0 saturated carbocycles. The number of carbonyl (C=O) groups excluding carboxylic acids is 1. The van der Waals surface area contributed by atoms with E-state index in [1.54, 1.807) is 7.05 Å². The van der Waals surface area contributed by atoms with E-state index < -0.39 is 0 Å². The molecular formula is C35H30N9O. The Bertz CT molecular complexity index is 2030. The standard InChI is InChI=1S/C35H30N9O/c1-43-41-34(40-42-43)27-12-14-28-30(20-27)37-32(24-5-3-2-4-6-24)33(36-28)25-9-7-22(8-10-25)21-44-17-15-23(16-18-44)26-11-13-29-31(19-26)39-35(45)38-29/h2-14,19-20,23H,15-18,21H2,1H3,(H,38,45). The maximum atomic E-state index is 11.6. The number of likely N-dealkylation sites (tertiary alicyclic amines) is 1. The molecule has 0 spiro atoms. The molecule has 10 nitrogen and oxygen atoms in total. The van der Waals surface area contributed by atoms with Crippen LogP contribution in [0.4, 0.5) is 16.2 Å². The molecule has 2 aliphatic heterocycles. The number of urea groups is 1. The van der Waals surface area contributed by atoms with Crippen LogP contribution in [0.1, 0.15) is 29.9 Å². The molecule has 2 aromatic heterocycles. The number of nitrogens with one attached hydrogen (secondary N) is 1. The van der Waals surface area contributed by atoms with Crippen molar-refractivity contribution in [2.24, 2.45) is 7.05 Å². The summed E-state index contributed by atoms with van der Waals surface area (Å²) in [5.74, 6) is 1.04. The lowest BCUT2D eigenvalue weighted by atomic mass is 9.89. The molecule has 0 atom stereocenters. The van der Waals surface area contributed by atoms with Crippen molar-refractivity contribution in [1.29, 1.82) is 0 Å². The van der Waals surface area contributed by atoms with Crippen LogP contribution in [0, 0.1) is 0 Å². The van der Waals surface area contributed by atoms with Crippen molar-refractivity contribution in [3.63, 3.8) is 0 Å². The van der Waals surface area contributed by atoms with Gasteiger partial charge in [-0.1, -0.05) is 60.7 Å². The molecule has 221 valence electrons. The number of fused-ring (bicyclic) bond motifs is 2. The highest BCUT2D eigenvalue weighted by atomic mass is 16.2. The summed E-state index contributed by atoms with van der Waals surface area (Å²) in [7, 11) is 1.75. The lowest BCUT2D eigenvalue weighted by molar-refractivity contribution is 0.204. The zero-order valence-electron chi connectivity index (χ0n) is 24.8. The summed E-state index contributed by atoms with van der Waals surface area (Å²) < 4.78 is 0. The Balaban J connectivity index is 1.01. The van der Waals surface area contributed by atoms with Crippen LogP contribution in [0.3, 0.4) is 0 Å². The monoisotopic (exact) mass is 592 g/mol. The average Bonchev–Trinajstić information content (AvgIpc) is 3.69. The summed E-state index contributed by atoms with van der Waals surface area (Å²) in [6.45, 7) is 2.95. The first-order valence-electron chi connectivity index (χ1n) is 15.2. The Morgan fingerprint density at radius 3 is 2.29 bits per heavy atom. The number of anilines is 1. The number of hydrogen-bond donors (Lipinski definition) is 1. The normalized spacial score (nSPS) is 15.2. The highest BCUT2D eigenvalue weighted by Crippen LogP contribution is 2.36. The molecule has 0 aliphatic carbocycles. The molecule has 4 heterocycles. The Labute approximate surface area is 260 Å². The van der Waals surface area contributed by atoms with Crippen molar-refractivity contribution < 1.29 is 4.79 Å². The fourth-order valence-electron chi connectivity index (χ4n) is 6.30. The predicted octanol–water partition coefficient (Wildman–Crippen LogP) is 6.32. The zero-order chi connectivity index (χ0) is 30.3. The Morgan fingerprint density at radius 2 is 1.53 bits per heavy atom. The van der Waals surface area contributed by atoms with E-state index in [0.29, 0.717) is 11.7 Å². The molecular weight excluding hydrogens is 562 g/mol. The highest BCUT2D eigenvalue weighted by molar-refractivity contribution is 6.02. The quantitative estimate of drug-likeness (QED) is 0.241. The van der Waals surface area contributed by atoms with Crippen LogP contribution >= 0.6 is 0 Å². The van der Waals surface area contributed by atoms with Crippen LogP contribution in [0.5, 0.6) is 0 Å². The van der Waals surface area contributed by atoms with E-state index >= 15 is 0 Å². The second kappa shape index (κ2) is 11.2. The lowest BCUT2D eigenvalue weighted by Crippen LogP contribution is -2.32. The molecule has 1 radical (unpaired) electrons. The third kappa shape index (κ3) is 5.40. The van der Waals surface area contributed by atoms with Crippen molar-refractivity contribution >= 4 is 28.4 Å². The number of aromatic nitrogens is 6. The Kier molecular flexibility index (Phi) is 6.76.